The number of hydrogen-bond acceptors (Lipinski definition) is 4. The van der Waals surface area contributed by atoms with Gasteiger partial charge in [0, 0.05) is 31.0 Å². The molecule has 0 aliphatic carbocycles. The molecule has 1 aliphatic heterocycles. The highest BCUT2D eigenvalue weighted by Gasteiger charge is 2.26. The van der Waals surface area contributed by atoms with Crippen LogP contribution in [0.15, 0.2) is 10.6 Å². The highest BCUT2D eigenvalue weighted by Crippen LogP contribution is 2.27. The highest BCUT2D eigenvalue weighted by atomic mass is 16.4. The number of oxazole rings is 1. The Balaban J connectivity index is 1.97. The number of hydrogen-bond donors (Lipinski definition) is 1. The molecule has 2 atom stereocenters. The minimum absolute atomic E-state index is 0.430. The summed E-state index contributed by atoms with van der Waals surface area (Å²) in [5.74, 6) is 2.40. The van der Waals surface area contributed by atoms with Gasteiger partial charge in [0.15, 0.2) is 5.89 Å². The molecule has 0 aromatic carbocycles. The molecule has 2 rings (SSSR count). The van der Waals surface area contributed by atoms with Gasteiger partial charge in [-0.25, -0.2) is 4.98 Å². The summed E-state index contributed by atoms with van der Waals surface area (Å²) in [7, 11) is 1.98. The monoisotopic (exact) mass is 265 g/mol. The van der Waals surface area contributed by atoms with E-state index in [1.54, 1.807) is 0 Å². The summed E-state index contributed by atoms with van der Waals surface area (Å²) in [5.41, 5.74) is 0. The molecule has 19 heavy (non-hydrogen) atoms. The van der Waals surface area contributed by atoms with Crippen molar-refractivity contribution in [2.75, 3.05) is 20.1 Å². The predicted molar refractivity (Wildman–Crippen MR) is 77.4 cm³/mol. The Morgan fingerprint density at radius 1 is 1.47 bits per heavy atom. The Kier molecular flexibility index (Phi) is 4.99. The molecule has 4 heteroatoms. The van der Waals surface area contributed by atoms with Crippen LogP contribution in [0, 0.1) is 0 Å². The van der Waals surface area contributed by atoms with Gasteiger partial charge in [-0.05, 0) is 47.2 Å². The van der Waals surface area contributed by atoms with Crippen LogP contribution in [-0.2, 0) is 6.42 Å². The summed E-state index contributed by atoms with van der Waals surface area (Å²) in [5, 5.41) is 3.23. The van der Waals surface area contributed by atoms with Crippen LogP contribution in [0.25, 0.3) is 0 Å². The summed E-state index contributed by atoms with van der Waals surface area (Å²) >= 11 is 0. The molecule has 1 aromatic rings. The Hall–Kier alpha value is -0.870. The van der Waals surface area contributed by atoms with Gasteiger partial charge in [-0.15, -0.1) is 0 Å². The van der Waals surface area contributed by atoms with Crippen molar-refractivity contribution in [2.45, 2.75) is 58.0 Å². The van der Waals surface area contributed by atoms with Crippen LogP contribution in [0.5, 0.6) is 0 Å². The molecule has 1 N–H and O–H groups in total. The molecule has 1 fully saturated rings. The predicted octanol–water partition coefficient (Wildman–Crippen LogP) is 2.41. The lowest BCUT2D eigenvalue weighted by Crippen LogP contribution is -2.39. The molecule has 0 spiro atoms. The number of nitrogens with zero attached hydrogens (tertiary/aromatic N) is 2. The van der Waals surface area contributed by atoms with Gasteiger partial charge in [-0.3, -0.25) is 0 Å². The van der Waals surface area contributed by atoms with Crippen LogP contribution < -0.4 is 5.32 Å². The van der Waals surface area contributed by atoms with Gasteiger partial charge in [0.25, 0.3) is 0 Å². The topological polar surface area (TPSA) is 41.3 Å². The van der Waals surface area contributed by atoms with Crippen molar-refractivity contribution >= 4 is 0 Å². The number of piperidine rings is 1. The van der Waals surface area contributed by atoms with E-state index in [1.807, 2.05) is 13.2 Å². The van der Waals surface area contributed by atoms with Gasteiger partial charge in [0.2, 0.25) is 0 Å². The first-order valence-electron chi connectivity index (χ1n) is 7.46. The van der Waals surface area contributed by atoms with E-state index in [1.165, 1.54) is 19.4 Å². The van der Waals surface area contributed by atoms with Crippen LogP contribution in [0.2, 0.25) is 0 Å². The number of nitrogens with one attached hydrogen (secondary N) is 1. The summed E-state index contributed by atoms with van der Waals surface area (Å²) in [4.78, 5) is 7.02. The lowest BCUT2D eigenvalue weighted by atomic mass is 9.97. The third-order valence-electron chi connectivity index (χ3n) is 4.10. The molecular formula is C15H27N3O. The molecule has 0 bridgehead atoms. The molecule has 0 radical (unpaired) electrons. The molecule has 1 aromatic heterocycles. The average molecular weight is 265 g/mol. The lowest BCUT2D eigenvalue weighted by Gasteiger charge is -2.34. The summed E-state index contributed by atoms with van der Waals surface area (Å²) in [6, 6.07) is 1.04. The number of rotatable bonds is 5. The number of likely N-dealkylation sites (N-methyl/N-ethyl adjacent to an activating group) is 1. The zero-order valence-corrected chi connectivity index (χ0v) is 12.6. The lowest BCUT2D eigenvalue weighted by molar-refractivity contribution is 0.156. The fraction of sp³-hybridized carbons (Fsp3) is 0.800. The number of likely N-dealkylation sites (tertiary alicyclic amines) is 1. The average Bonchev–Trinajstić information content (AvgIpc) is 2.87. The maximum absolute atomic E-state index is 5.95. The van der Waals surface area contributed by atoms with E-state index in [-0.39, 0.29) is 0 Å². The first-order chi connectivity index (χ1) is 9.10. The van der Waals surface area contributed by atoms with E-state index in [0.29, 0.717) is 18.0 Å². The quantitative estimate of drug-likeness (QED) is 0.887. The second kappa shape index (κ2) is 6.53. The molecule has 108 valence electrons. The van der Waals surface area contributed by atoms with E-state index < -0.39 is 0 Å². The smallest absolute Gasteiger partial charge is 0.198 e. The standard InChI is InChI=1S/C15H27N3O/c1-11(2)18-7-5-6-13(10-18)15-17-9-14(19-15)8-12(3)16-4/h9,11-13,16H,5-8,10H2,1-4H3. The molecular weight excluding hydrogens is 238 g/mol. The van der Waals surface area contributed by atoms with E-state index in [0.717, 1.165) is 24.6 Å². The Labute approximate surface area is 116 Å². The maximum atomic E-state index is 5.95. The summed E-state index contributed by atoms with van der Waals surface area (Å²) < 4.78 is 5.95. The van der Waals surface area contributed by atoms with Crippen LogP contribution in [0.4, 0.5) is 0 Å². The fourth-order valence-corrected chi connectivity index (χ4v) is 2.69. The molecule has 0 saturated carbocycles. The maximum Gasteiger partial charge on any atom is 0.198 e. The zero-order valence-electron chi connectivity index (χ0n) is 12.6. The first kappa shape index (κ1) is 14.5. The third-order valence-corrected chi connectivity index (χ3v) is 4.10. The van der Waals surface area contributed by atoms with Gasteiger partial charge in [0.1, 0.15) is 5.76 Å². The normalized spacial score (nSPS) is 22.9. The number of aromatic nitrogens is 1. The molecule has 1 aliphatic rings. The van der Waals surface area contributed by atoms with Crippen molar-refractivity contribution < 1.29 is 4.42 Å². The third kappa shape index (κ3) is 3.80. The van der Waals surface area contributed by atoms with Crippen LogP contribution in [0.1, 0.15) is 51.2 Å². The highest BCUT2D eigenvalue weighted by molar-refractivity contribution is 5.02. The second-order valence-electron chi connectivity index (χ2n) is 5.99. The van der Waals surface area contributed by atoms with Crippen molar-refractivity contribution in [3.63, 3.8) is 0 Å². The Morgan fingerprint density at radius 3 is 2.95 bits per heavy atom. The van der Waals surface area contributed by atoms with Gasteiger partial charge >= 0.3 is 0 Å². The SMILES string of the molecule is CNC(C)Cc1cnc(C2CCCN(C(C)C)C2)o1. The van der Waals surface area contributed by atoms with E-state index in [9.17, 15) is 0 Å². The molecule has 2 heterocycles. The minimum atomic E-state index is 0.430. The van der Waals surface area contributed by atoms with Gasteiger partial charge in [-0.2, -0.15) is 0 Å². The fourth-order valence-electron chi connectivity index (χ4n) is 2.69. The Bertz CT molecular complexity index is 388. The van der Waals surface area contributed by atoms with E-state index >= 15 is 0 Å². The van der Waals surface area contributed by atoms with Crippen molar-refractivity contribution in [1.82, 2.24) is 15.2 Å². The minimum Gasteiger partial charge on any atom is -0.445 e. The van der Waals surface area contributed by atoms with Crippen LogP contribution >= 0.6 is 0 Å². The van der Waals surface area contributed by atoms with Crippen LogP contribution in [-0.4, -0.2) is 42.1 Å². The van der Waals surface area contributed by atoms with Crippen molar-refractivity contribution in [3.8, 4) is 0 Å². The zero-order chi connectivity index (χ0) is 13.8. The van der Waals surface area contributed by atoms with Gasteiger partial charge in [-0.1, -0.05) is 0 Å². The second-order valence-corrected chi connectivity index (χ2v) is 5.99. The summed E-state index contributed by atoms with van der Waals surface area (Å²) in [6.45, 7) is 8.97. The van der Waals surface area contributed by atoms with Gasteiger partial charge < -0.3 is 14.6 Å². The first-order valence-corrected chi connectivity index (χ1v) is 7.46. The largest absolute Gasteiger partial charge is 0.445 e. The van der Waals surface area contributed by atoms with Gasteiger partial charge in [0.05, 0.1) is 6.20 Å². The molecule has 1 saturated heterocycles. The van der Waals surface area contributed by atoms with Crippen molar-refractivity contribution in [1.29, 1.82) is 0 Å². The summed E-state index contributed by atoms with van der Waals surface area (Å²) in [6.07, 6.45) is 5.25. The van der Waals surface area contributed by atoms with E-state index in [2.05, 4.69) is 36.0 Å². The van der Waals surface area contributed by atoms with Crippen LogP contribution in [0.3, 0.4) is 0 Å². The Morgan fingerprint density at radius 2 is 2.26 bits per heavy atom. The van der Waals surface area contributed by atoms with Crippen molar-refractivity contribution in [3.05, 3.63) is 17.8 Å². The van der Waals surface area contributed by atoms with Crippen molar-refractivity contribution in [2.24, 2.45) is 0 Å². The van der Waals surface area contributed by atoms with E-state index in [4.69, 9.17) is 4.42 Å². The molecule has 4 nitrogen and oxygen atoms in total. The molecule has 0 amide bonds. The molecule has 2 unspecified atom stereocenters.